The van der Waals surface area contributed by atoms with Crippen LogP contribution in [0.5, 0.6) is 0 Å². The fraction of sp³-hybridized carbons (Fsp3) is 0.800. The molecule has 1 aliphatic rings. The van der Waals surface area contributed by atoms with Crippen LogP contribution in [0.3, 0.4) is 0 Å². The lowest BCUT2D eigenvalue weighted by atomic mass is 9.97. The summed E-state index contributed by atoms with van der Waals surface area (Å²) in [6.07, 6.45) is 2.01. The Labute approximate surface area is 117 Å². The van der Waals surface area contributed by atoms with Crippen molar-refractivity contribution in [2.75, 3.05) is 26.2 Å². The van der Waals surface area contributed by atoms with E-state index in [1.165, 1.54) is 0 Å². The third kappa shape index (κ3) is 4.62. The van der Waals surface area contributed by atoms with Gasteiger partial charge in [0.2, 0.25) is 5.91 Å². The largest absolute Gasteiger partial charge is 0.389 e. The summed E-state index contributed by atoms with van der Waals surface area (Å²) in [5, 5.41) is 10.2. The number of likely N-dealkylation sites (N-methyl/N-ethyl adjacent to an activating group) is 1. The van der Waals surface area contributed by atoms with E-state index in [1.807, 2.05) is 32.6 Å². The third-order valence-corrected chi connectivity index (χ3v) is 3.71. The van der Waals surface area contributed by atoms with E-state index in [0.717, 1.165) is 25.0 Å². The van der Waals surface area contributed by atoms with Gasteiger partial charge in [0.1, 0.15) is 0 Å². The molecule has 0 aromatic carbocycles. The first kappa shape index (κ1) is 16.2. The summed E-state index contributed by atoms with van der Waals surface area (Å²) in [5.41, 5.74) is 0.248. The fourth-order valence-corrected chi connectivity index (χ4v) is 2.79. The molecular weight excluding hydrogens is 240 g/mol. The highest BCUT2D eigenvalue weighted by Gasteiger charge is 2.36. The predicted octanol–water partition coefficient (Wildman–Crippen LogP) is 1.65. The first-order valence-electron chi connectivity index (χ1n) is 7.14. The second-order valence-electron chi connectivity index (χ2n) is 6.15. The van der Waals surface area contributed by atoms with Crippen molar-refractivity contribution in [3.8, 4) is 0 Å². The van der Waals surface area contributed by atoms with Crippen LogP contribution in [-0.2, 0) is 4.79 Å². The smallest absolute Gasteiger partial charge is 0.237 e. The maximum absolute atomic E-state index is 12.3. The molecule has 4 heteroatoms. The minimum Gasteiger partial charge on any atom is -0.389 e. The van der Waals surface area contributed by atoms with Crippen LogP contribution in [0.25, 0.3) is 0 Å². The van der Waals surface area contributed by atoms with Gasteiger partial charge in [0, 0.05) is 19.1 Å². The molecule has 1 saturated heterocycles. The lowest BCUT2D eigenvalue weighted by Crippen LogP contribution is -2.49. The monoisotopic (exact) mass is 268 g/mol. The van der Waals surface area contributed by atoms with E-state index in [0.29, 0.717) is 19.6 Å². The van der Waals surface area contributed by atoms with Gasteiger partial charge in [-0.1, -0.05) is 12.2 Å². The van der Waals surface area contributed by atoms with Crippen LogP contribution in [0.15, 0.2) is 12.2 Å². The number of amides is 1. The molecule has 0 bridgehead atoms. The molecule has 1 heterocycles. The van der Waals surface area contributed by atoms with Gasteiger partial charge in [0.05, 0.1) is 12.1 Å². The number of carbonyl (C=O) groups excluding carboxylic acids is 1. The SMILES string of the molecule is C=C(C)CN(CC)C(=O)CN1CCCC1C(C)(C)O. The minimum atomic E-state index is -0.748. The standard InChI is InChI=1S/C15H28N2O2/c1-6-16(10-12(2)3)14(18)11-17-9-7-8-13(17)15(4,5)19/h13,19H,2,6-11H2,1,3-5H3. The molecule has 1 N–H and O–H groups in total. The Balaban J connectivity index is 2.62. The zero-order valence-corrected chi connectivity index (χ0v) is 12.8. The number of rotatable bonds is 6. The summed E-state index contributed by atoms with van der Waals surface area (Å²) in [6, 6.07) is 0.0833. The molecule has 1 aliphatic heterocycles. The molecule has 0 aliphatic carbocycles. The van der Waals surface area contributed by atoms with Gasteiger partial charge < -0.3 is 10.0 Å². The van der Waals surface area contributed by atoms with Crippen LogP contribution in [0.1, 0.15) is 40.5 Å². The van der Waals surface area contributed by atoms with Crippen LogP contribution in [0.4, 0.5) is 0 Å². The van der Waals surface area contributed by atoms with Gasteiger partial charge in [-0.05, 0) is 47.1 Å². The van der Waals surface area contributed by atoms with Crippen molar-refractivity contribution in [1.82, 2.24) is 9.80 Å². The Bertz CT molecular complexity index is 334. The molecule has 0 saturated carbocycles. The van der Waals surface area contributed by atoms with E-state index in [2.05, 4.69) is 11.5 Å². The van der Waals surface area contributed by atoms with Gasteiger partial charge in [0.15, 0.2) is 0 Å². The van der Waals surface area contributed by atoms with Crippen LogP contribution >= 0.6 is 0 Å². The highest BCUT2D eigenvalue weighted by atomic mass is 16.3. The Morgan fingerprint density at radius 2 is 2.16 bits per heavy atom. The molecule has 1 atom stereocenters. The maximum atomic E-state index is 12.3. The Kier molecular flexibility index (Phi) is 5.56. The molecular formula is C15H28N2O2. The molecule has 110 valence electrons. The Morgan fingerprint density at radius 3 is 2.63 bits per heavy atom. The predicted molar refractivity (Wildman–Crippen MR) is 78.0 cm³/mol. The molecule has 0 aromatic heterocycles. The maximum Gasteiger partial charge on any atom is 0.237 e. The first-order chi connectivity index (χ1) is 8.75. The molecule has 0 spiro atoms. The van der Waals surface area contributed by atoms with Crippen molar-refractivity contribution in [3.63, 3.8) is 0 Å². The zero-order valence-electron chi connectivity index (χ0n) is 12.8. The van der Waals surface area contributed by atoms with Gasteiger partial charge in [-0.15, -0.1) is 0 Å². The van der Waals surface area contributed by atoms with Gasteiger partial charge in [-0.25, -0.2) is 0 Å². The van der Waals surface area contributed by atoms with Crippen LogP contribution in [0, 0.1) is 0 Å². The lowest BCUT2D eigenvalue weighted by Gasteiger charge is -2.34. The van der Waals surface area contributed by atoms with E-state index in [1.54, 1.807) is 0 Å². The number of aliphatic hydroxyl groups is 1. The number of likely N-dealkylation sites (tertiary alicyclic amines) is 1. The summed E-state index contributed by atoms with van der Waals surface area (Å²) in [7, 11) is 0. The third-order valence-electron chi connectivity index (χ3n) is 3.71. The quantitative estimate of drug-likeness (QED) is 0.745. The number of hydrogen-bond acceptors (Lipinski definition) is 3. The highest BCUT2D eigenvalue weighted by Crippen LogP contribution is 2.26. The van der Waals surface area contributed by atoms with Crippen molar-refractivity contribution in [3.05, 3.63) is 12.2 Å². The molecule has 1 amide bonds. The van der Waals surface area contributed by atoms with Crippen molar-refractivity contribution < 1.29 is 9.90 Å². The lowest BCUT2D eigenvalue weighted by molar-refractivity contribution is -0.133. The molecule has 1 rings (SSSR count). The molecule has 19 heavy (non-hydrogen) atoms. The second-order valence-corrected chi connectivity index (χ2v) is 6.15. The number of carbonyl (C=O) groups is 1. The van der Waals surface area contributed by atoms with Crippen molar-refractivity contribution in [2.45, 2.75) is 52.2 Å². The Morgan fingerprint density at radius 1 is 1.53 bits per heavy atom. The van der Waals surface area contributed by atoms with Gasteiger partial charge >= 0.3 is 0 Å². The van der Waals surface area contributed by atoms with E-state index in [4.69, 9.17) is 0 Å². The highest BCUT2D eigenvalue weighted by molar-refractivity contribution is 5.78. The topological polar surface area (TPSA) is 43.8 Å². The van der Waals surface area contributed by atoms with E-state index in [9.17, 15) is 9.90 Å². The average molecular weight is 268 g/mol. The number of nitrogens with zero attached hydrogens (tertiary/aromatic N) is 2. The van der Waals surface area contributed by atoms with Crippen molar-refractivity contribution >= 4 is 5.91 Å². The van der Waals surface area contributed by atoms with Crippen LogP contribution < -0.4 is 0 Å². The summed E-state index contributed by atoms with van der Waals surface area (Å²) in [4.78, 5) is 16.2. The molecule has 0 aromatic rings. The molecule has 4 nitrogen and oxygen atoms in total. The summed E-state index contributed by atoms with van der Waals surface area (Å²) < 4.78 is 0. The zero-order chi connectivity index (χ0) is 14.6. The van der Waals surface area contributed by atoms with Crippen LogP contribution in [0.2, 0.25) is 0 Å². The van der Waals surface area contributed by atoms with Crippen LogP contribution in [-0.4, -0.2) is 58.6 Å². The summed E-state index contributed by atoms with van der Waals surface area (Å²) in [5.74, 6) is 0.127. The van der Waals surface area contributed by atoms with Gasteiger partial charge in [-0.3, -0.25) is 9.69 Å². The van der Waals surface area contributed by atoms with Crippen molar-refractivity contribution in [1.29, 1.82) is 0 Å². The van der Waals surface area contributed by atoms with Gasteiger partial charge in [-0.2, -0.15) is 0 Å². The van der Waals surface area contributed by atoms with Crippen molar-refractivity contribution in [2.24, 2.45) is 0 Å². The molecule has 1 unspecified atom stereocenters. The van der Waals surface area contributed by atoms with E-state index >= 15 is 0 Å². The normalized spacial score (nSPS) is 20.6. The summed E-state index contributed by atoms with van der Waals surface area (Å²) in [6.45, 7) is 14.0. The van der Waals surface area contributed by atoms with E-state index in [-0.39, 0.29) is 11.9 Å². The fourth-order valence-electron chi connectivity index (χ4n) is 2.79. The number of hydrogen-bond donors (Lipinski definition) is 1. The molecule has 1 fully saturated rings. The summed E-state index contributed by atoms with van der Waals surface area (Å²) >= 11 is 0. The molecule has 0 radical (unpaired) electrons. The second kappa shape index (κ2) is 6.53. The van der Waals surface area contributed by atoms with Gasteiger partial charge in [0.25, 0.3) is 0 Å². The Hall–Kier alpha value is -0.870. The first-order valence-corrected chi connectivity index (χ1v) is 7.14. The minimum absolute atomic E-state index is 0.0833. The average Bonchev–Trinajstić information content (AvgIpc) is 2.73. The van der Waals surface area contributed by atoms with E-state index < -0.39 is 5.60 Å².